The topological polar surface area (TPSA) is 60.7 Å². The van der Waals surface area contributed by atoms with Crippen LogP contribution in [0.3, 0.4) is 0 Å². The fraction of sp³-hybridized carbons (Fsp3) is 0.704. The summed E-state index contributed by atoms with van der Waals surface area (Å²) >= 11 is 0. The van der Waals surface area contributed by atoms with Gasteiger partial charge in [-0.05, 0) is 72.8 Å². The first-order valence-corrected chi connectivity index (χ1v) is 12.5. The average molecular weight is 523 g/mol. The molecule has 0 aromatic rings. The highest BCUT2D eigenvalue weighted by Crippen LogP contribution is 2.59. The number of rotatable bonds is 5. The first-order valence-electron chi connectivity index (χ1n) is 12.5. The van der Waals surface area contributed by atoms with E-state index in [1.807, 2.05) is 19.1 Å². The fourth-order valence-electron chi connectivity index (χ4n) is 6.59. The molecule has 0 saturated heterocycles. The van der Waals surface area contributed by atoms with E-state index in [9.17, 15) is 41.7 Å². The van der Waals surface area contributed by atoms with Gasteiger partial charge in [0.15, 0.2) is 0 Å². The van der Waals surface area contributed by atoms with Crippen molar-refractivity contribution in [2.75, 3.05) is 0 Å². The van der Waals surface area contributed by atoms with Crippen LogP contribution in [-0.4, -0.2) is 45.5 Å². The van der Waals surface area contributed by atoms with Crippen LogP contribution in [0, 0.1) is 23.2 Å². The van der Waals surface area contributed by atoms with E-state index in [1.54, 1.807) is 0 Å². The quantitative estimate of drug-likeness (QED) is 0.283. The van der Waals surface area contributed by atoms with Gasteiger partial charge in [0, 0.05) is 12.8 Å². The van der Waals surface area contributed by atoms with Crippen molar-refractivity contribution in [2.24, 2.45) is 23.2 Å². The van der Waals surface area contributed by atoms with Crippen molar-refractivity contribution in [3.8, 4) is 0 Å². The Labute approximate surface area is 208 Å². The number of fused-ring (bicyclic) bond motifs is 1. The van der Waals surface area contributed by atoms with Crippen molar-refractivity contribution >= 4 is 0 Å². The predicted molar refractivity (Wildman–Crippen MR) is 125 cm³/mol. The van der Waals surface area contributed by atoms with Gasteiger partial charge in [-0.3, -0.25) is 0 Å². The Morgan fingerprint density at radius 1 is 1.08 bits per heavy atom. The van der Waals surface area contributed by atoms with Crippen LogP contribution < -0.4 is 0 Å². The van der Waals surface area contributed by atoms with Gasteiger partial charge in [0.1, 0.15) is 0 Å². The molecule has 0 spiro atoms. The zero-order chi connectivity index (χ0) is 27.1. The highest BCUT2D eigenvalue weighted by atomic mass is 19.4. The van der Waals surface area contributed by atoms with Crippen molar-refractivity contribution in [2.45, 2.75) is 95.4 Å². The predicted octanol–water partition coefficient (Wildman–Crippen LogP) is 6.57. The number of hydrogen-bond acceptors (Lipinski definition) is 3. The van der Waals surface area contributed by atoms with Gasteiger partial charge in [0.05, 0.1) is 12.2 Å². The van der Waals surface area contributed by atoms with Gasteiger partial charge in [-0.15, -0.1) is 0 Å². The molecule has 6 atom stereocenters. The summed E-state index contributed by atoms with van der Waals surface area (Å²) in [4.78, 5) is 0. The summed E-state index contributed by atoms with van der Waals surface area (Å²) in [5.41, 5.74) is -2.26. The average Bonchev–Trinajstić information content (AvgIpc) is 3.11. The molecule has 3 aliphatic rings. The van der Waals surface area contributed by atoms with Crippen molar-refractivity contribution in [1.29, 1.82) is 0 Å². The molecule has 204 valence electrons. The van der Waals surface area contributed by atoms with E-state index in [1.165, 1.54) is 11.6 Å². The van der Waals surface area contributed by atoms with Crippen molar-refractivity contribution in [1.82, 2.24) is 0 Å². The highest BCUT2D eigenvalue weighted by molar-refractivity contribution is 5.38. The molecule has 0 unspecified atom stereocenters. The second-order valence-electron chi connectivity index (χ2n) is 11.0. The molecular formula is C27H36F6O3. The van der Waals surface area contributed by atoms with E-state index in [2.05, 4.69) is 13.5 Å². The molecule has 0 bridgehead atoms. The van der Waals surface area contributed by atoms with Crippen LogP contribution in [-0.2, 0) is 0 Å². The maximum atomic E-state index is 13.0. The first kappa shape index (κ1) is 29.0. The van der Waals surface area contributed by atoms with E-state index in [0.29, 0.717) is 12.0 Å². The third-order valence-corrected chi connectivity index (χ3v) is 8.73. The summed E-state index contributed by atoms with van der Waals surface area (Å²) < 4.78 is 77.9. The summed E-state index contributed by atoms with van der Waals surface area (Å²) in [6.45, 7) is 7.90. The Hall–Kier alpha value is -1.58. The summed E-state index contributed by atoms with van der Waals surface area (Å²) in [5, 5.41) is 29.5. The zero-order valence-corrected chi connectivity index (χ0v) is 20.7. The summed E-state index contributed by atoms with van der Waals surface area (Å²) in [7, 11) is 0. The zero-order valence-electron chi connectivity index (χ0n) is 20.7. The summed E-state index contributed by atoms with van der Waals surface area (Å²) in [6, 6.07) is 0. The molecule has 0 amide bonds. The molecule has 36 heavy (non-hydrogen) atoms. The van der Waals surface area contributed by atoms with E-state index in [-0.39, 0.29) is 29.6 Å². The van der Waals surface area contributed by atoms with Crippen molar-refractivity contribution < 1.29 is 41.7 Å². The number of aliphatic hydroxyl groups excluding tert-OH is 2. The smallest absolute Gasteiger partial charge is 0.393 e. The second-order valence-corrected chi connectivity index (χ2v) is 11.0. The molecule has 3 N–H and O–H groups in total. The minimum absolute atomic E-state index is 0.0771. The standard InChI is InChI=1S/C27H36F6O3/c1-16(6-4-13-25(36,26(28,29)30)27(31,32)33)21-10-11-22-18(7-5-12-24(21,22)3)8-9-19-14-20(34)15-23(35)17(19)2/h4,6,8-9,16,20-23,34-36H,2,5,7,10-15H2,1,3H3/b6-4+,18-8+,19-9+/t16-,20-,21-,22+,23+,24-/m1/s1. The van der Waals surface area contributed by atoms with Crippen LogP contribution in [0.1, 0.15) is 65.2 Å². The molecule has 3 fully saturated rings. The van der Waals surface area contributed by atoms with Crippen LogP contribution in [0.2, 0.25) is 0 Å². The largest absolute Gasteiger partial charge is 0.426 e. The van der Waals surface area contributed by atoms with Crippen LogP contribution >= 0.6 is 0 Å². The number of hydrogen-bond donors (Lipinski definition) is 3. The Balaban J connectivity index is 1.75. The molecule has 3 aliphatic carbocycles. The van der Waals surface area contributed by atoms with Gasteiger partial charge in [-0.1, -0.05) is 50.3 Å². The second kappa shape index (κ2) is 10.3. The molecule has 3 nitrogen and oxygen atoms in total. The monoisotopic (exact) mass is 522 g/mol. The normalized spacial score (nSPS) is 35.6. The molecular weight excluding hydrogens is 486 g/mol. The molecule has 3 rings (SSSR count). The van der Waals surface area contributed by atoms with Crippen LogP contribution in [0.25, 0.3) is 0 Å². The lowest BCUT2D eigenvalue weighted by Gasteiger charge is -2.44. The minimum atomic E-state index is -5.82. The van der Waals surface area contributed by atoms with E-state index in [4.69, 9.17) is 0 Å². The van der Waals surface area contributed by atoms with E-state index in [0.717, 1.165) is 43.8 Å². The molecule has 9 heteroatoms. The number of alkyl halides is 6. The number of aliphatic hydroxyl groups is 3. The fourth-order valence-corrected chi connectivity index (χ4v) is 6.59. The summed E-state index contributed by atoms with van der Waals surface area (Å²) in [6.07, 6.45) is -3.36. The third-order valence-electron chi connectivity index (χ3n) is 8.73. The van der Waals surface area contributed by atoms with Gasteiger partial charge in [0.25, 0.3) is 5.60 Å². The Bertz CT molecular complexity index is 901. The van der Waals surface area contributed by atoms with Gasteiger partial charge >= 0.3 is 12.4 Å². The molecule has 0 heterocycles. The molecule has 0 aliphatic heterocycles. The lowest BCUT2D eigenvalue weighted by Crippen LogP contribution is -2.56. The maximum absolute atomic E-state index is 13.0. The molecule has 0 aromatic carbocycles. The van der Waals surface area contributed by atoms with Crippen LogP contribution in [0.4, 0.5) is 26.3 Å². The molecule has 0 aromatic heterocycles. The van der Waals surface area contributed by atoms with Crippen LogP contribution in [0.15, 0.2) is 47.6 Å². The minimum Gasteiger partial charge on any atom is -0.393 e. The number of allylic oxidation sites excluding steroid dienone is 4. The summed E-state index contributed by atoms with van der Waals surface area (Å²) in [5.74, 6) is 0.0537. The SMILES string of the molecule is C=C1/C(=C/C=C2\CCC[C@]3(C)[C@@H]([C@H](C)/C=C/CC(O)(C(F)(F)F)C(F)(F)F)CC[C@@H]23)C[C@@H](O)C[C@@H]1O. The molecule has 3 saturated carbocycles. The Morgan fingerprint density at radius 3 is 2.33 bits per heavy atom. The first-order chi connectivity index (χ1) is 16.5. The highest BCUT2D eigenvalue weighted by Gasteiger charge is 2.69. The van der Waals surface area contributed by atoms with Crippen LogP contribution in [0.5, 0.6) is 0 Å². The Kier molecular flexibility index (Phi) is 8.29. The Morgan fingerprint density at radius 2 is 1.72 bits per heavy atom. The van der Waals surface area contributed by atoms with Gasteiger partial charge in [-0.25, -0.2) is 0 Å². The van der Waals surface area contributed by atoms with Crippen molar-refractivity contribution in [3.05, 3.63) is 47.6 Å². The third kappa shape index (κ3) is 5.48. The lowest BCUT2D eigenvalue weighted by atomic mass is 9.61. The van der Waals surface area contributed by atoms with Crippen molar-refractivity contribution in [3.63, 3.8) is 0 Å². The number of halogens is 6. The maximum Gasteiger partial charge on any atom is 0.426 e. The van der Waals surface area contributed by atoms with Gasteiger partial charge in [-0.2, -0.15) is 26.3 Å². The molecule has 0 radical (unpaired) electrons. The van der Waals surface area contributed by atoms with E-state index < -0.39 is 36.6 Å². The van der Waals surface area contributed by atoms with Gasteiger partial charge < -0.3 is 15.3 Å². The lowest BCUT2D eigenvalue weighted by molar-refractivity contribution is -0.366. The van der Waals surface area contributed by atoms with E-state index >= 15 is 0 Å². The van der Waals surface area contributed by atoms with Gasteiger partial charge in [0.2, 0.25) is 0 Å².